The van der Waals surface area contributed by atoms with E-state index in [1.807, 2.05) is 13.8 Å². The van der Waals surface area contributed by atoms with Crippen LogP contribution < -0.4 is 10.6 Å². The number of nitrogens with one attached hydrogen (secondary N) is 2. The molecule has 7 aliphatic rings. The van der Waals surface area contributed by atoms with Crippen molar-refractivity contribution in [2.75, 3.05) is 0 Å². The number of fused-ring (bicyclic) bond motifs is 4. The summed E-state index contributed by atoms with van der Waals surface area (Å²) in [6, 6.07) is 0. The van der Waals surface area contributed by atoms with Crippen molar-refractivity contribution in [2.45, 2.75) is 215 Å². The number of hydrogen-bond donors (Lipinski definition) is 2. The fourth-order valence-corrected chi connectivity index (χ4v) is 11.8. The molecule has 0 aromatic carbocycles. The van der Waals surface area contributed by atoms with Crippen LogP contribution in [-0.4, -0.2) is 79.0 Å². The highest BCUT2D eigenvalue weighted by Gasteiger charge is 2.71. The summed E-state index contributed by atoms with van der Waals surface area (Å²) in [5.74, 6) is -0.172. The van der Waals surface area contributed by atoms with Gasteiger partial charge in [0.25, 0.3) is 11.8 Å². The number of hydroxylamine groups is 4. The molecule has 6 atom stereocenters. The van der Waals surface area contributed by atoms with Crippen LogP contribution in [0.25, 0.3) is 0 Å². The van der Waals surface area contributed by atoms with Crippen molar-refractivity contribution < 1.29 is 28.7 Å². The fourth-order valence-electron chi connectivity index (χ4n) is 11.8. The average molecular weight is 645 g/mol. The third-order valence-electron chi connectivity index (χ3n) is 12.3. The maximum absolute atomic E-state index is 14.3. The van der Waals surface area contributed by atoms with Crippen LogP contribution >= 0.6 is 0 Å². The number of carbonyl (C=O) groups excluding carboxylic acids is 2. The van der Waals surface area contributed by atoms with Gasteiger partial charge in [-0.15, -0.1) is 0 Å². The molecule has 2 amide bonds. The first-order valence-corrected chi connectivity index (χ1v) is 18.3. The SMILES string of the molecule is CC12CC3(C)NC(=O)C4(CC(C)(C)N(OC5CCCCC5)C(C)(C4)CC4(C)CC(CC(C)(C)N4OC4CCCCC4)(O1)C(=O)N2)O3. The number of piperidine rings is 2. The molecule has 2 saturated carbocycles. The third kappa shape index (κ3) is 5.45. The maximum Gasteiger partial charge on any atom is 0.254 e. The van der Waals surface area contributed by atoms with E-state index < -0.39 is 44.8 Å². The van der Waals surface area contributed by atoms with Crippen LogP contribution in [0.15, 0.2) is 0 Å². The Morgan fingerprint density at radius 2 is 0.913 bits per heavy atom. The Hall–Kier alpha value is -1.30. The van der Waals surface area contributed by atoms with Gasteiger partial charge in [0.15, 0.2) is 11.2 Å². The smallest absolute Gasteiger partial charge is 0.254 e. The fraction of sp³-hybridized carbons (Fsp3) is 0.944. The normalized spacial score (nSPS) is 46.7. The molecule has 5 aliphatic heterocycles. The van der Waals surface area contributed by atoms with E-state index in [9.17, 15) is 9.59 Å². The van der Waals surface area contributed by atoms with E-state index in [0.29, 0.717) is 38.5 Å². The Labute approximate surface area is 276 Å². The van der Waals surface area contributed by atoms with E-state index in [1.54, 1.807) is 0 Å². The molecule has 10 heteroatoms. The Bertz CT molecular complexity index is 1160. The first-order chi connectivity index (χ1) is 21.3. The van der Waals surface area contributed by atoms with Gasteiger partial charge in [0, 0.05) is 54.3 Å². The van der Waals surface area contributed by atoms with Crippen LogP contribution in [-0.2, 0) is 28.7 Å². The number of nitrogens with zero attached hydrogens (tertiary/aromatic N) is 2. The lowest BCUT2D eigenvalue weighted by Gasteiger charge is -2.64. The molecule has 2 N–H and O–H groups in total. The van der Waals surface area contributed by atoms with Crippen LogP contribution in [0, 0.1) is 0 Å². The van der Waals surface area contributed by atoms with Gasteiger partial charge >= 0.3 is 0 Å². The minimum Gasteiger partial charge on any atom is -0.339 e. The quantitative estimate of drug-likeness (QED) is 0.398. The number of hydrogen-bond acceptors (Lipinski definition) is 8. The van der Waals surface area contributed by atoms with E-state index >= 15 is 0 Å². The summed E-state index contributed by atoms with van der Waals surface area (Å²) >= 11 is 0. The lowest BCUT2D eigenvalue weighted by atomic mass is 9.63. The standard InChI is InChI=1S/C36H60N4O6/c1-29(2)19-35-22-31(5,39(29)43-25-15-11-9-12-16-25)21-32(6)23-36(20-30(3,4)40(32)44-26-17-13-10-14-18-26)28(42)38-34(8,46-36)24-33(7,45-35)37-27(35)41/h25-26H,9-24H2,1-8H3,(H,37,41)(H,38,42). The van der Waals surface area contributed by atoms with Crippen LogP contribution in [0.5, 0.6) is 0 Å². The summed E-state index contributed by atoms with van der Waals surface area (Å²) in [6.45, 7) is 17.2. The van der Waals surface area contributed by atoms with Crippen LogP contribution in [0.4, 0.5) is 0 Å². The topological polar surface area (TPSA) is 102 Å². The van der Waals surface area contributed by atoms with Crippen molar-refractivity contribution in [1.82, 2.24) is 20.8 Å². The van der Waals surface area contributed by atoms with Gasteiger partial charge in [0.2, 0.25) is 0 Å². The van der Waals surface area contributed by atoms with E-state index in [4.69, 9.17) is 19.1 Å². The van der Waals surface area contributed by atoms with Gasteiger partial charge in [-0.3, -0.25) is 19.3 Å². The third-order valence-corrected chi connectivity index (χ3v) is 12.3. The molecule has 6 bridgehead atoms. The second-order valence-corrected chi connectivity index (χ2v) is 18.6. The Morgan fingerprint density at radius 3 is 1.28 bits per heavy atom. The van der Waals surface area contributed by atoms with Crippen molar-refractivity contribution in [3.63, 3.8) is 0 Å². The van der Waals surface area contributed by atoms with E-state index in [-0.39, 0.29) is 24.0 Å². The minimum absolute atomic E-state index is 0.0859. The van der Waals surface area contributed by atoms with Crippen LogP contribution in [0.1, 0.15) is 158 Å². The Balaban J connectivity index is 1.37. The first-order valence-electron chi connectivity index (χ1n) is 18.3. The summed E-state index contributed by atoms with van der Waals surface area (Å²) in [5, 5.41) is 11.0. The number of carbonyl (C=O) groups is 2. The largest absolute Gasteiger partial charge is 0.339 e. The van der Waals surface area contributed by atoms with Crippen molar-refractivity contribution in [1.29, 1.82) is 0 Å². The second-order valence-electron chi connectivity index (χ2n) is 18.6. The molecule has 46 heavy (non-hydrogen) atoms. The summed E-state index contributed by atoms with van der Waals surface area (Å²) in [5.41, 5.74) is -6.37. The highest BCUT2D eigenvalue weighted by atomic mass is 16.7. The summed E-state index contributed by atoms with van der Waals surface area (Å²) < 4.78 is 14.0. The molecule has 7 rings (SSSR count). The molecule has 2 spiro atoms. The Kier molecular flexibility index (Phi) is 7.65. The monoisotopic (exact) mass is 644 g/mol. The molecule has 2 aliphatic carbocycles. The van der Waals surface area contributed by atoms with Crippen molar-refractivity contribution in [2.24, 2.45) is 0 Å². The van der Waals surface area contributed by atoms with Crippen molar-refractivity contribution >= 4 is 11.8 Å². The molecule has 260 valence electrons. The van der Waals surface area contributed by atoms with Gasteiger partial charge in [-0.1, -0.05) is 38.5 Å². The molecular weight excluding hydrogens is 584 g/mol. The number of rotatable bonds is 4. The number of amides is 2. The highest BCUT2D eigenvalue weighted by molar-refractivity contribution is 5.89. The van der Waals surface area contributed by atoms with E-state index in [2.05, 4.69) is 62.3 Å². The predicted octanol–water partition coefficient (Wildman–Crippen LogP) is 5.78. The molecule has 5 heterocycles. The van der Waals surface area contributed by atoms with Gasteiger partial charge in [-0.25, -0.2) is 0 Å². The van der Waals surface area contributed by atoms with E-state index in [0.717, 1.165) is 25.7 Å². The highest BCUT2D eigenvalue weighted by Crippen LogP contribution is 2.58. The van der Waals surface area contributed by atoms with Crippen molar-refractivity contribution in [3.05, 3.63) is 0 Å². The molecule has 0 radical (unpaired) electrons. The van der Waals surface area contributed by atoms with Gasteiger partial charge in [-0.2, -0.15) is 10.1 Å². The molecule has 7 fully saturated rings. The maximum atomic E-state index is 14.3. The van der Waals surface area contributed by atoms with Crippen molar-refractivity contribution in [3.8, 4) is 0 Å². The number of ether oxygens (including phenoxy) is 2. The lowest BCUT2D eigenvalue weighted by molar-refractivity contribution is -0.367. The van der Waals surface area contributed by atoms with Gasteiger partial charge in [0.1, 0.15) is 11.4 Å². The summed E-state index contributed by atoms with van der Waals surface area (Å²) in [6.07, 6.45) is 14.5. The lowest BCUT2D eigenvalue weighted by Crippen LogP contribution is -2.74. The van der Waals surface area contributed by atoms with Gasteiger partial charge < -0.3 is 20.1 Å². The Morgan fingerprint density at radius 1 is 0.543 bits per heavy atom. The summed E-state index contributed by atoms with van der Waals surface area (Å²) in [4.78, 5) is 42.8. The first kappa shape index (κ1) is 33.2. The van der Waals surface area contributed by atoms with Crippen LogP contribution in [0.2, 0.25) is 0 Å². The van der Waals surface area contributed by atoms with E-state index in [1.165, 1.54) is 38.5 Å². The molecular formula is C36H60N4O6. The zero-order valence-electron chi connectivity index (χ0n) is 29.8. The zero-order chi connectivity index (χ0) is 33.0. The second kappa shape index (κ2) is 10.6. The molecule has 5 saturated heterocycles. The molecule has 10 nitrogen and oxygen atoms in total. The predicted molar refractivity (Wildman–Crippen MR) is 173 cm³/mol. The zero-order valence-corrected chi connectivity index (χ0v) is 29.8. The molecule has 6 unspecified atom stereocenters. The minimum atomic E-state index is -1.05. The van der Waals surface area contributed by atoms with Crippen LogP contribution in [0.3, 0.4) is 0 Å². The average Bonchev–Trinajstić information content (AvgIpc) is 3.29. The van der Waals surface area contributed by atoms with Gasteiger partial charge in [-0.05, 0) is 87.5 Å². The summed E-state index contributed by atoms with van der Waals surface area (Å²) in [7, 11) is 0. The van der Waals surface area contributed by atoms with Gasteiger partial charge in [0.05, 0.1) is 12.2 Å². The molecule has 0 aromatic heterocycles. The molecule has 0 aromatic rings.